The summed E-state index contributed by atoms with van der Waals surface area (Å²) in [5.74, 6) is 0.532. The van der Waals surface area contributed by atoms with Crippen molar-refractivity contribution in [3.05, 3.63) is 29.3 Å². The van der Waals surface area contributed by atoms with Crippen LogP contribution in [-0.2, 0) is 9.53 Å². The molecule has 130 valence electrons. The van der Waals surface area contributed by atoms with Gasteiger partial charge in [0, 0.05) is 11.0 Å². The highest BCUT2D eigenvalue weighted by Gasteiger charge is 2.43. The number of ether oxygens (including phenoxy) is 2. The van der Waals surface area contributed by atoms with E-state index in [-0.39, 0.29) is 23.3 Å². The van der Waals surface area contributed by atoms with Crippen molar-refractivity contribution in [3.63, 3.8) is 0 Å². The van der Waals surface area contributed by atoms with E-state index >= 15 is 0 Å². The molecule has 24 heavy (non-hydrogen) atoms. The van der Waals surface area contributed by atoms with Gasteiger partial charge in [-0.15, -0.1) is 0 Å². The van der Waals surface area contributed by atoms with Crippen LogP contribution < -0.4 is 4.74 Å². The van der Waals surface area contributed by atoms with E-state index in [1.54, 1.807) is 19.1 Å². The highest BCUT2D eigenvalue weighted by Crippen LogP contribution is 2.44. The second kappa shape index (κ2) is 6.46. The molecule has 1 amide bonds. The molecule has 0 aromatic heterocycles. The van der Waals surface area contributed by atoms with Gasteiger partial charge in [-0.1, -0.05) is 19.4 Å². The first kappa shape index (κ1) is 16.8. The maximum Gasteiger partial charge on any atom is 0.338 e. The largest absolute Gasteiger partial charge is 0.491 e. The van der Waals surface area contributed by atoms with Gasteiger partial charge in [0.05, 0.1) is 24.8 Å². The van der Waals surface area contributed by atoms with Crippen LogP contribution in [0.5, 0.6) is 5.75 Å². The number of fused-ring (bicyclic) bond motifs is 1. The van der Waals surface area contributed by atoms with Gasteiger partial charge < -0.3 is 14.4 Å². The minimum absolute atomic E-state index is 0.0660. The molecule has 1 aliphatic carbocycles. The maximum atomic E-state index is 12.9. The molecule has 0 bridgehead atoms. The maximum absolute atomic E-state index is 12.9. The third kappa shape index (κ3) is 2.87. The lowest BCUT2D eigenvalue weighted by atomic mass is 9.69. The summed E-state index contributed by atoms with van der Waals surface area (Å²) in [5.41, 5.74) is 1.20. The average Bonchev–Trinajstić information content (AvgIpc) is 2.71. The lowest BCUT2D eigenvalue weighted by Gasteiger charge is -2.42. The molecule has 2 aliphatic rings. The van der Waals surface area contributed by atoms with Gasteiger partial charge in [0.2, 0.25) is 5.91 Å². The molecule has 0 spiro atoms. The molecule has 1 aliphatic heterocycles. The third-order valence-electron chi connectivity index (χ3n) is 5.27. The summed E-state index contributed by atoms with van der Waals surface area (Å²) in [6.07, 6.45) is 3.05. The zero-order valence-corrected chi connectivity index (χ0v) is 14.6. The first-order valence-electron chi connectivity index (χ1n) is 8.71. The minimum Gasteiger partial charge on any atom is -0.491 e. The Kier molecular flexibility index (Phi) is 4.52. The van der Waals surface area contributed by atoms with E-state index in [1.807, 2.05) is 17.9 Å². The van der Waals surface area contributed by atoms with Crippen molar-refractivity contribution in [2.24, 2.45) is 5.41 Å². The van der Waals surface area contributed by atoms with Crippen LogP contribution in [-0.4, -0.2) is 36.5 Å². The van der Waals surface area contributed by atoms with Gasteiger partial charge in [-0.25, -0.2) is 4.79 Å². The summed E-state index contributed by atoms with van der Waals surface area (Å²) >= 11 is 0. The molecule has 5 nitrogen and oxygen atoms in total. The highest BCUT2D eigenvalue weighted by atomic mass is 16.5. The number of hydrogen-bond acceptors (Lipinski definition) is 4. The molecule has 3 rings (SSSR count). The normalized spacial score (nSPS) is 21.8. The number of carbonyl (C=O) groups excluding carboxylic acids is 2. The van der Waals surface area contributed by atoms with Crippen LogP contribution in [0.3, 0.4) is 0 Å². The van der Waals surface area contributed by atoms with Crippen LogP contribution in [0.1, 0.15) is 62.0 Å². The van der Waals surface area contributed by atoms with Gasteiger partial charge >= 0.3 is 5.97 Å². The van der Waals surface area contributed by atoms with Crippen molar-refractivity contribution in [1.82, 2.24) is 4.90 Å². The number of nitrogens with zero attached hydrogens (tertiary/aromatic N) is 1. The number of esters is 1. The van der Waals surface area contributed by atoms with Crippen molar-refractivity contribution in [2.75, 3.05) is 19.8 Å². The number of hydrogen-bond donors (Lipinski definition) is 0. The molecule has 1 fully saturated rings. The van der Waals surface area contributed by atoms with Crippen molar-refractivity contribution in [3.8, 4) is 5.75 Å². The Morgan fingerprint density at radius 2 is 2.12 bits per heavy atom. The lowest BCUT2D eigenvalue weighted by Crippen LogP contribution is -2.47. The summed E-state index contributed by atoms with van der Waals surface area (Å²) in [4.78, 5) is 26.8. The van der Waals surface area contributed by atoms with Crippen LogP contribution in [0.15, 0.2) is 18.2 Å². The Morgan fingerprint density at radius 3 is 2.75 bits per heavy atom. The molecule has 1 aromatic rings. The average molecular weight is 331 g/mol. The van der Waals surface area contributed by atoms with Crippen LogP contribution in [0.2, 0.25) is 0 Å². The van der Waals surface area contributed by atoms with E-state index in [9.17, 15) is 9.59 Å². The van der Waals surface area contributed by atoms with Gasteiger partial charge in [-0.2, -0.15) is 0 Å². The molecule has 1 heterocycles. The first-order valence-corrected chi connectivity index (χ1v) is 8.71. The van der Waals surface area contributed by atoms with E-state index in [0.717, 1.165) is 24.8 Å². The van der Waals surface area contributed by atoms with Crippen LogP contribution in [0.4, 0.5) is 0 Å². The monoisotopic (exact) mass is 331 g/mol. The zero-order valence-electron chi connectivity index (χ0n) is 14.6. The second-order valence-electron chi connectivity index (χ2n) is 6.91. The first-order chi connectivity index (χ1) is 11.5. The molecule has 0 radical (unpaired) electrons. The highest BCUT2D eigenvalue weighted by molar-refractivity contribution is 5.90. The predicted molar refractivity (Wildman–Crippen MR) is 90.0 cm³/mol. The van der Waals surface area contributed by atoms with Crippen LogP contribution >= 0.6 is 0 Å². The van der Waals surface area contributed by atoms with Gasteiger partial charge in [-0.05, 0) is 38.8 Å². The number of rotatable bonds is 3. The Morgan fingerprint density at radius 1 is 1.38 bits per heavy atom. The fourth-order valence-corrected chi connectivity index (χ4v) is 3.51. The zero-order chi connectivity index (χ0) is 17.3. The van der Waals surface area contributed by atoms with Crippen molar-refractivity contribution >= 4 is 11.9 Å². The summed E-state index contributed by atoms with van der Waals surface area (Å²) in [5, 5.41) is 0. The number of benzene rings is 1. The summed E-state index contributed by atoms with van der Waals surface area (Å²) < 4.78 is 10.9. The SMILES string of the molecule is CCOC(=O)c1ccc2c(c1)OCCN(C(=O)C1(C)CCC1)C2C. The number of amides is 1. The van der Waals surface area contributed by atoms with Crippen molar-refractivity contribution in [1.29, 1.82) is 0 Å². The number of carbonyl (C=O) groups is 2. The van der Waals surface area contributed by atoms with Gasteiger partial charge in [-0.3, -0.25) is 4.79 Å². The third-order valence-corrected chi connectivity index (χ3v) is 5.27. The summed E-state index contributed by atoms with van der Waals surface area (Å²) in [7, 11) is 0. The molecule has 0 saturated heterocycles. The van der Waals surface area contributed by atoms with Crippen molar-refractivity contribution < 1.29 is 19.1 Å². The molecule has 0 N–H and O–H groups in total. The minimum atomic E-state index is -0.351. The Labute approximate surface area is 142 Å². The van der Waals surface area contributed by atoms with Gasteiger partial charge in [0.15, 0.2) is 0 Å². The standard InChI is InChI=1S/C19H25NO4/c1-4-23-17(21)14-6-7-15-13(2)20(10-11-24-16(15)12-14)18(22)19(3)8-5-9-19/h6-7,12-13H,4-5,8-11H2,1-3H3. The molecular weight excluding hydrogens is 306 g/mol. The lowest BCUT2D eigenvalue weighted by molar-refractivity contribution is -0.148. The molecule has 1 aromatic carbocycles. The summed E-state index contributed by atoms with van der Waals surface area (Å²) in [6.45, 7) is 7.21. The summed E-state index contributed by atoms with van der Waals surface area (Å²) in [6, 6.07) is 5.28. The topological polar surface area (TPSA) is 55.8 Å². The van der Waals surface area contributed by atoms with Crippen LogP contribution in [0.25, 0.3) is 0 Å². The Balaban J connectivity index is 1.86. The predicted octanol–water partition coefficient (Wildman–Crippen LogP) is 3.34. The second-order valence-corrected chi connectivity index (χ2v) is 6.91. The van der Waals surface area contributed by atoms with Crippen LogP contribution in [0, 0.1) is 5.41 Å². The smallest absolute Gasteiger partial charge is 0.338 e. The van der Waals surface area contributed by atoms with E-state index in [1.165, 1.54) is 0 Å². The fraction of sp³-hybridized carbons (Fsp3) is 0.579. The van der Waals surface area contributed by atoms with Gasteiger partial charge in [0.25, 0.3) is 0 Å². The van der Waals surface area contributed by atoms with E-state index < -0.39 is 0 Å². The Hall–Kier alpha value is -2.04. The van der Waals surface area contributed by atoms with Crippen molar-refractivity contribution in [2.45, 2.75) is 46.1 Å². The fourth-order valence-electron chi connectivity index (χ4n) is 3.51. The van der Waals surface area contributed by atoms with Gasteiger partial charge in [0.1, 0.15) is 12.4 Å². The molecule has 5 heteroatoms. The molecule has 1 atom stereocenters. The van der Waals surface area contributed by atoms with E-state index in [4.69, 9.17) is 9.47 Å². The quantitative estimate of drug-likeness (QED) is 0.797. The van der Waals surface area contributed by atoms with E-state index in [0.29, 0.717) is 31.1 Å². The van der Waals surface area contributed by atoms with E-state index in [2.05, 4.69) is 6.92 Å². The Bertz CT molecular complexity index is 651. The molecule has 1 unspecified atom stereocenters. The molecule has 1 saturated carbocycles. The molecular formula is C19H25NO4.